The zero-order valence-electron chi connectivity index (χ0n) is 15.5. The van der Waals surface area contributed by atoms with Crippen LogP contribution < -0.4 is 0 Å². The summed E-state index contributed by atoms with van der Waals surface area (Å²) in [6.07, 6.45) is 2.48. The summed E-state index contributed by atoms with van der Waals surface area (Å²) in [5.41, 5.74) is 2.30. The Morgan fingerprint density at radius 2 is 2.16 bits per heavy atom. The molecule has 0 spiro atoms. The minimum absolute atomic E-state index is 0.183. The summed E-state index contributed by atoms with van der Waals surface area (Å²) in [6, 6.07) is 5.20. The summed E-state index contributed by atoms with van der Waals surface area (Å²) in [5, 5.41) is 0.951. The van der Waals surface area contributed by atoms with Crippen LogP contribution in [0.4, 0.5) is 9.18 Å². The van der Waals surface area contributed by atoms with Crippen LogP contribution in [0.15, 0.2) is 18.2 Å². The maximum Gasteiger partial charge on any atom is 0.410 e. The number of hydrogen-bond acceptors (Lipinski definition) is 2. The van der Waals surface area contributed by atoms with E-state index in [4.69, 9.17) is 4.74 Å². The largest absolute Gasteiger partial charge is 0.444 e. The lowest BCUT2D eigenvalue weighted by atomic mass is 9.91. The van der Waals surface area contributed by atoms with Gasteiger partial charge in [-0.15, -0.1) is 0 Å². The van der Waals surface area contributed by atoms with E-state index >= 15 is 0 Å². The average molecular weight is 346 g/mol. The van der Waals surface area contributed by atoms with Crippen LogP contribution >= 0.6 is 0 Å². The van der Waals surface area contributed by atoms with Gasteiger partial charge in [0.25, 0.3) is 0 Å². The fourth-order valence-corrected chi connectivity index (χ4v) is 3.69. The lowest BCUT2D eigenvalue weighted by Gasteiger charge is -2.34. The number of H-pyrrole nitrogens is 1. The minimum Gasteiger partial charge on any atom is -0.444 e. The standard InChI is InChI=1S/C20H27FN2O2/c1-5-14-15-9-6-10-16(21)18(15)22-17(14)13-8-7-11-23(12-13)19(24)25-20(2,3)4/h6,9-10,13,22H,5,7-8,11-12H2,1-4H3. The first-order valence-electron chi connectivity index (χ1n) is 9.07. The molecule has 1 aromatic carbocycles. The van der Waals surface area contributed by atoms with Crippen LogP contribution in [-0.2, 0) is 11.2 Å². The van der Waals surface area contributed by atoms with Crippen molar-refractivity contribution < 1.29 is 13.9 Å². The summed E-state index contributed by atoms with van der Waals surface area (Å²) in [6.45, 7) is 9.04. The van der Waals surface area contributed by atoms with Crippen molar-refractivity contribution in [2.45, 2.75) is 58.5 Å². The van der Waals surface area contributed by atoms with Crippen molar-refractivity contribution >= 4 is 17.0 Å². The molecule has 3 rings (SSSR count). The van der Waals surface area contributed by atoms with Crippen molar-refractivity contribution in [3.63, 3.8) is 0 Å². The predicted molar refractivity (Wildman–Crippen MR) is 97.4 cm³/mol. The van der Waals surface area contributed by atoms with Gasteiger partial charge in [0.1, 0.15) is 11.4 Å². The van der Waals surface area contributed by atoms with E-state index in [0.717, 1.165) is 35.9 Å². The molecule has 1 N–H and O–H groups in total. The molecule has 4 nitrogen and oxygen atoms in total. The van der Waals surface area contributed by atoms with Gasteiger partial charge in [0.15, 0.2) is 0 Å². The van der Waals surface area contributed by atoms with Gasteiger partial charge in [-0.25, -0.2) is 9.18 Å². The van der Waals surface area contributed by atoms with E-state index in [-0.39, 0.29) is 17.8 Å². The number of halogens is 1. The summed E-state index contributed by atoms with van der Waals surface area (Å²) in [7, 11) is 0. The molecule has 1 amide bonds. The summed E-state index contributed by atoms with van der Waals surface area (Å²) in [4.78, 5) is 17.5. The van der Waals surface area contributed by atoms with E-state index in [1.807, 2.05) is 26.8 Å². The SMILES string of the molecule is CCc1c(C2CCCN(C(=O)OC(C)(C)C)C2)[nH]c2c(F)cccc12. The molecule has 25 heavy (non-hydrogen) atoms. The van der Waals surface area contributed by atoms with Crippen molar-refractivity contribution in [2.75, 3.05) is 13.1 Å². The number of para-hydroxylation sites is 1. The van der Waals surface area contributed by atoms with E-state index in [0.29, 0.717) is 18.6 Å². The second-order valence-corrected chi connectivity index (χ2v) is 7.80. The van der Waals surface area contributed by atoms with Gasteiger partial charge >= 0.3 is 6.09 Å². The molecule has 1 unspecified atom stereocenters. The second kappa shape index (κ2) is 6.70. The number of nitrogens with one attached hydrogen (secondary N) is 1. The molecule has 5 heteroatoms. The van der Waals surface area contributed by atoms with E-state index in [9.17, 15) is 9.18 Å². The van der Waals surface area contributed by atoms with Crippen LogP contribution in [0.2, 0.25) is 0 Å². The molecule has 1 aromatic heterocycles. The molecule has 1 saturated heterocycles. The Hall–Kier alpha value is -2.04. The molecular weight excluding hydrogens is 319 g/mol. The first-order chi connectivity index (χ1) is 11.8. The van der Waals surface area contributed by atoms with Crippen molar-refractivity contribution in [3.8, 4) is 0 Å². The summed E-state index contributed by atoms with van der Waals surface area (Å²) in [5.74, 6) is -0.0405. The quantitative estimate of drug-likeness (QED) is 0.833. The van der Waals surface area contributed by atoms with Crippen molar-refractivity contribution in [1.82, 2.24) is 9.88 Å². The summed E-state index contributed by atoms with van der Waals surface area (Å²) >= 11 is 0. The molecule has 0 saturated carbocycles. The highest BCUT2D eigenvalue weighted by Gasteiger charge is 2.30. The Morgan fingerprint density at radius 3 is 2.84 bits per heavy atom. The van der Waals surface area contributed by atoms with Gasteiger partial charge in [-0.3, -0.25) is 0 Å². The number of benzene rings is 1. The number of aryl methyl sites for hydroxylation is 1. The monoisotopic (exact) mass is 346 g/mol. The first-order valence-corrected chi connectivity index (χ1v) is 9.07. The Kier molecular flexibility index (Phi) is 4.76. The molecule has 2 aromatic rings. The second-order valence-electron chi connectivity index (χ2n) is 7.80. The van der Waals surface area contributed by atoms with E-state index in [1.54, 1.807) is 11.0 Å². The van der Waals surface area contributed by atoms with E-state index in [2.05, 4.69) is 11.9 Å². The molecule has 0 aliphatic carbocycles. The van der Waals surface area contributed by atoms with E-state index in [1.165, 1.54) is 6.07 Å². The lowest BCUT2D eigenvalue weighted by Crippen LogP contribution is -2.42. The highest BCUT2D eigenvalue weighted by molar-refractivity contribution is 5.85. The van der Waals surface area contributed by atoms with Crippen LogP contribution in [0.25, 0.3) is 10.9 Å². The molecule has 1 aliphatic heterocycles. The number of rotatable bonds is 2. The Labute approximate surface area is 148 Å². The highest BCUT2D eigenvalue weighted by Crippen LogP contribution is 2.34. The Bertz CT molecular complexity index is 776. The van der Waals surface area contributed by atoms with E-state index < -0.39 is 5.60 Å². The third-order valence-electron chi connectivity index (χ3n) is 4.76. The number of likely N-dealkylation sites (tertiary alicyclic amines) is 1. The fourth-order valence-electron chi connectivity index (χ4n) is 3.69. The van der Waals surface area contributed by atoms with Gasteiger partial charge in [-0.1, -0.05) is 19.1 Å². The lowest BCUT2D eigenvalue weighted by molar-refractivity contribution is 0.0197. The van der Waals surface area contributed by atoms with Gasteiger partial charge in [0, 0.05) is 30.1 Å². The van der Waals surface area contributed by atoms with Gasteiger partial charge in [-0.05, 0) is 51.7 Å². The van der Waals surface area contributed by atoms with Gasteiger partial charge in [0.05, 0.1) is 5.52 Å². The minimum atomic E-state index is -0.497. The van der Waals surface area contributed by atoms with Crippen molar-refractivity contribution in [1.29, 1.82) is 0 Å². The van der Waals surface area contributed by atoms with Crippen molar-refractivity contribution in [3.05, 3.63) is 35.3 Å². The maximum absolute atomic E-state index is 14.2. The molecule has 0 bridgehead atoms. The third-order valence-corrected chi connectivity index (χ3v) is 4.76. The number of ether oxygens (including phenoxy) is 1. The van der Waals surface area contributed by atoms with Crippen LogP contribution in [0.5, 0.6) is 0 Å². The average Bonchev–Trinajstić information content (AvgIpc) is 2.93. The molecule has 0 radical (unpaired) electrons. The number of hydrogen-bond donors (Lipinski definition) is 1. The highest BCUT2D eigenvalue weighted by atomic mass is 19.1. The number of aromatic nitrogens is 1. The molecular formula is C20H27FN2O2. The van der Waals surface area contributed by atoms with Crippen LogP contribution in [0.3, 0.4) is 0 Å². The number of amides is 1. The smallest absolute Gasteiger partial charge is 0.410 e. The van der Waals surface area contributed by atoms with Gasteiger partial charge in [-0.2, -0.15) is 0 Å². The number of fused-ring (bicyclic) bond motifs is 1. The topological polar surface area (TPSA) is 45.3 Å². The van der Waals surface area contributed by atoms with Crippen LogP contribution in [0.1, 0.15) is 57.7 Å². The Balaban J connectivity index is 1.88. The predicted octanol–water partition coefficient (Wildman–Crippen LogP) is 4.98. The Morgan fingerprint density at radius 1 is 1.40 bits per heavy atom. The molecule has 2 heterocycles. The number of piperidine rings is 1. The number of aromatic amines is 1. The van der Waals surface area contributed by atoms with Crippen LogP contribution in [-0.4, -0.2) is 34.7 Å². The fraction of sp³-hybridized carbons (Fsp3) is 0.550. The number of carbonyl (C=O) groups is 1. The molecule has 1 atom stereocenters. The zero-order chi connectivity index (χ0) is 18.2. The normalized spacial score (nSPS) is 18.6. The number of nitrogens with zero attached hydrogens (tertiary/aromatic N) is 1. The molecule has 1 aliphatic rings. The van der Waals surface area contributed by atoms with Gasteiger partial charge < -0.3 is 14.6 Å². The molecule has 136 valence electrons. The van der Waals surface area contributed by atoms with Crippen molar-refractivity contribution in [2.24, 2.45) is 0 Å². The first kappa shape index (κ1) is 17.8. The number of carbonyl (C=O) groups excluding carboxylic acids is 1. The maximum atomic E-state index is 14.2. The third kappa shape index (κ3) is 3.65. The zero-order valence-corrected chi connectivity index (χ0v) is 15.5. The van der Waals surface area contributed by atoms with Crippen LogP contribution in [0, 0.1) is 5.82 Å². The summed E-state index contributed by atoms with van der Waals surface area (Å²) < 4.78 is 19.7. The molecule has 1 fully saturated rings. The van der Waals surface area contributed by atoms with Gasteiger partial charge in [0.2, 0.25) is 0 Å².